The molecule has 10 heteroatoms. The van der Waals surface area contributed by atoms with E-state index in [0.717, 1.165) is 10.4 Å². The molecule has 0 saturated carbocycles. The highest BCUT2D eigenvalue weighted by Gasteiger charge is 2.27. The minimum Gasteiger partial charge on any atom is -0.476 e. The minimum absolute atomic E-state index is 0.156. The van der Waals surface area contributed by atoms with Crippen molar-refractivity contribution in [3.63, 3.8) is 0 Å². The third kappa shape index (κ3) is 3.74. The van der Waals surface area contributed by atoms with Gasteiger partial charge in [-0.25, -0.2) is 14.2 Å². The standard InChI is InChI=1S/C16H17N7O3/c1-16(2,13-9-23(21-19-13)11-6-4-3-5-7-11)17-14(24)10-22-8-12(15(25)26)18-20-22/h3-9H,10H2,1-2H3,(H,17,24)(H,25,26). The Morgan fingerprint density at radius 3 is 2.50 bits per heavy atom. The van der Waals surface area contributed by atoms with Crippen LogP contribution in [0.4, 0.5) is 0 Å². The quantitative estimate of drug-likeness (QED) is 0.663. The molecule has 0 aliphatic carbocycles. The van der Waals surface area contributed by atoms with Gasteiger partial charge in [0.1, 0.15) is 12.2 Å². The van der Waals surface area contributed by atoms with E-state index in [0.29, 0.717) is 5.69 Å². The van der Waals surface area contributed by atoms with Gasteiger partial charge >= 0.3 is 5.97 Å². The lowest BCUT2D eigenvalue weighted by atomic mass is 10.0. The molecular formula is C16H17N7O3. The second-order valence-electron chi connectivity index (χ2n) is 6.16. The second-order valence-corrected chi connectivity index (χ2v) is 6.16. The third-order valence-corrected chi connectivity index (χ3v) is 3.67. The molecule has 0 saturated heterocycles. The Balaban J connectivity index is 1.69. The van der Waals surface area contributed by atoms with Gasteiger partial charge in [0, 0.05) is 0 Å². The molecule has 134 valence electrons. The molecule has 10 nitrogen and oxygen atoms in total. The summed E-state index contributed by atoms with van der Waals surface area (Å²) < 4.78 is 2.79. The van der Waals surface area contributed by atoms with Crippen LogP contribution in [0.15, 0.2) is 42.7 Å². The van der Waals surface area contributed by atoms with Gasteiger partial charge in [0.25, 0.3) is 0 Å². The molecule has 1 aromatic carbocycles. The van der Waals surface area contributed by atoms with Gasteiger partial charge in [-0.1, -0.05) is 28.6 Å². The van der Waals surface area contributed by atoms with E-state index in [1.165, 1.54) is 6.20 Å². The van der Waals surface area contributed by atoms with Crippen molar-refractivity contribution in [3.8, 4) is 5.69 Å². The van der Waals surface area contributed by atoms with Crippen molar-refractivity contribution >= 4 is 11.9 Å². The molecule has 0 radical (unpaired) electrons. The molecule has 0 spiro atoms. The number of nitrogens with zero attached hydrogens (tertiary/aromatic N) is 6. The number of carboxylic acids is 1. The van der Waals surface area contributed by atoms with Crippen LogP contribution in [0.2, 0.25) is 0 Å². The molecule has 3 rings (SSSR count). The Bertz CT molecular complexity index is 930. The summed E-state index contributed by atoms with van der Waals surface area (Å²) in [6.45, 7) is 3.44. The van der Waals surface area contributed by atoms with Crippen molar-refractivity contribution < 1.29 is 14.7 Å². The highest BCUT2D eigenvalue weighted by Crippen LogP contribution is 2.18. The smallest absolute Gasteiger partial charge is 0.358 e. The maximum atomic E-state index is 12.3. The summed E-state index contributed by atoms with van der Waals surface area (Å²) in [6, 6.07) is 9.50. The molecule has 2 aromatic heterocycles. The van der Waals surface area contributed by atoms with Crippen molar-refractivity contribution in [2.24, 2.45) is 0 Å². The lowest BCUT2D eigenvalue weighted by Crippen LogP contribution is -2.43. The number of benzene rings is 1. The molecule has 1 amide bonds. The van der Waals surface area contributed by atoms with Gasteiger partial charge in [0.2, 0.25) is 5.91 Å². The van der Waals surface area contributed by atoms with Gasteiger partial charge in [-0.2, -0.15) is 0 Å². The predicted molar refractivity (Wildman–Crippen MR) is 89.5 cm³/mol. The SMILES string of the molecule is CC(C)(NC(=O)Cn1cc(C(=O)O)nn1)c1cn(-c2ccccc2)nn1. The van der Waals surface area contributed by atoms with Crippen LogP contribution in [0.25, 0.3) is 5.69 Å². The zero-order valence-electron chi connectivity index (χ0n) is 14.2. The van der Waals surface area contributed by atoms with Gasteiger partial charge in [0.15, 0.2) is 5.69 Å². The first-order chi connectivity index (χ1) is 12.3. The van der Waals surface area contributed by atoms with Crippen LogP contribution >= 0.6 is 0 Å². The average molecular weight is 355 g/mol. The van der Waals surface area contributed by atoms with Crippen LogP contribution < -0.4 is 5.32 Å². The van der Waals surface area contributed by atoms with E-state index in [2.05, 4.69) is 25.9 Å². The number of carboxylic acid groups (broad SMARTS) is 1. The van der Waals surface area contributed by atoms with Crippen LogP contribution in [-0.4, -0.2) is 47.0 Å². The maximum absolute atomic E-state index is 12.3. The Labute approximate surface area is 148 Å². The van der Waals surface area contributed by atoms with Gasteiger partial charge in [-0.05, 0) is 26.0 Å². The van der Waals surface area contributed by atoms with E-state index in [1.807, 2.05) is 30.3 Å². The van der Waals surface area contributed by atoms with Gasteiger partial charge in [0.05, 0.1) is 23.6 Å². The van der Waals surface area contributed by atoms with Crippen LogP contribution in [0, 0.1) is 0 Å². The molecule has 0 aliphatic rings. The van der Waals surface area contributed by atoms with Crippen molar-refractivity contribution in [1.29, 1.82) is 0 Å². The second kappa shape index (κ2) is 6.75. The molecule has 0 atom stereocenters. The van der Waals surface area contributed by atoms with E-state index >= 15 is 0 Å². The zero-order valence-corrected chi connectivity index (χ0v) is 14.2. The molecular weight excluding hydrogens is 338 g/mol. The lowest BCUT2D eigenvalue weighted by molar-refractivity contribution is -0.123. The Hall–Kier alpha value is -3.56. The monoisotopic (exact) mass is 355 g/mol. The average Bonchev–Trinajstić information content (AvgIpc) is 3.24. The van der Waals surface area contributed by atoms with E-state index in [1.54, 1.807) is 24.7 Å². The van der Waals surface area contributed by atoms with Crippen LogP contribution in [0.3, 0.4) is 0 Å². The zero-order chi connectivity index (χ0) is 18.7. The lowest BCUT2D eigenvalue weighted by Gasteiger charge is -2.23. The van der Waals surface area contributed by atoms with E-state index in [-0.39, 0.29) is 18.1 Å². The Morgan fingerprint density at radius 1 is 1.12 bits per heavy atom. The fourth-order valence-electron chi connectivity index (χ4n) is 2.33. The molecule has 26 heavy (non-hydrogen) atoms. The third-order valence-electron chi connectivity index (χ3n) is 3.67. The number of aromatic carboxylic acids is 1. The highest BCUT2D eigenvalue weighted by atomic mass is 16.4. The first-order valence-corrected chi connectivity index (χ1v) is 7.78. The van der Waals surface area contributed by atoms with Crippen LogP contribution in [0.1, 0.15) is 30.0 Å². The number of hydrogen-bond acceptors (Lipinski definition) is 6. The summed E-state index contributed by atoms with van der Waals surface area (Å²) in [5, 5.41) is 27.0. The van der Waals surface area contributed by atoms with E-state index in [4.69, 9.17) is 5.11 Å². The molecule has 2 N–H and O–H groups in total. The number of hydrogen-bond donors (Lipinski definition) is 2. The molecule has 2 heterocycles. The number of nitrogens with one attached hydrogen (secondary N) is 1. The number of rotatable bonds is 6. The molecule has 0 fully saturated rings. The van der Waals surface area contributed by atoms with Gasteiger partial charge < -0.3 is 10.4 Å². The maximum Gasteiger partial charge on any atom is 0.358 e. The topological polar surface area (TPSA) is 128 Å². The summed E-state index contributed by atoms with van der Waals surface area (Å²) in [7, 11) is 0. The summed E-state index contributed by atoms with van der Waals surface area (Å²) in [5.41, 5.74) is 0.444. The van der Waals surface area contributed by atoms with E-state index < -0.39 is 11.5 Å². The largest absolute Gasteiger partial charge is 0.476 e. The normalized spacial score (nSPS) is 11.3. The first-order valence-electron chi connectivity index (χ1n) is 7.78. The number of para-hydroxylation sites is 1. The number of carbonyl (C=O) groups is 2. The van der Waals surface area contributed by atoms with Crippen molar-refractivity contribution in [3.05, 3.63) is 54.1 Å². The summed E-state index contributed by atoms with van der Waals surface area (Å²) in [6.07, 6.45) is 2.94. The van der Waals surface area contributed by atoms with Crippen molar-refractivity contribution in [2.45, 2.75) is 25.9 Å². The summed E-state index contributed by atoms with van der Waals surface area (Å²) in [5.74, 6) is -1.55. The fraction of sp³-hybridized carbons (Fsp3) is 0.250. The highest BCUT2D eigenvalue weighted by molar-refractivity contribution is 5.84. The Kier molecular flexibility index (Phi) is 4.48. The van der Waals surface area contributed by atoms with Crippen LogP contribution in [0.5, 0.6) is 0 Å². The number of amides is 1. The summed E-state index contributed by atoms with van der Waals surface area (Å²) >= 11 is 0. The van der Waals surface area contributed by atoms with Gasteiger partial charge in [-0.15, -0.1) is 10.2 Å². The molecule has 0 unspecified atom stereocenters. The Morgan fingerprint density at radius 2 is 1.85 bits per heavy atom. The summed E-state index contributed by atoms with van der Waals surface area (Å²) in [4.78, 5) is 23.1. The number of aromatic nitrogens is 6. The predicted octanol–water partition coefficient (Wildman–Crippen LogP) is 0.608. The molecule has 3 aromatic rings. The van der Waals surface area contributed by atoms with E-state index in [9.17, 15) is 9.59 Å². The van der Waals surface area contributed by atoms with Gasteiger partial charge in [-0.3, -0.25) is 4.79 Å². The van der Waals surface area contributed by atoms with Crippen molar-refractivity contribution in [2.75, 3.05) is 0 Å². The first kappa shape index (κ1) is 17.3. The van der Waals surface area contributed by atoms with Crippen LogP contribution in [-0.2, 0) is 16.9 Å². The number of carbonyl (C=O) groups excluding carboxylic acids is 1. The molecule has 0 aliphatic heterocycles. The minimum atomic E-state index is -1.20. The fourth-order valence-corrected chi connectivity index (χ4v) is 2.33. The molecule has 0 bridgehead atoms. The van der Waals surface area contributed by atoms with Crippen molar-refractivity contribution in [1.82, 2.24) is 35.3 Å².